The number of imidazole rings is 1. The Kier molecular flexibility index (Phi) is 7.89. The molecule has 1 N–H and O–H groups in total. The Balaban J connectivity index is 1.41. The molecule has 1 fully saturated rings. The van der Waals surface area contributed by atoms with Gasteiger partial charge in [0.25, 0.3) is 0 Å². The SMILES string of the molecule is CCn1ccnc1CN(C)Cc1ccc(OC[C@@H](O)CN2CCCCC2)cc1. The molecule has 0 unspecified atom stereocenters. The van der Waals surface area contributed by atoms with Crippen molar-refractivity contribution in [3.8, 4) is 5.75 Å². The largest absolute Gasteiger partial charge is 0.491 e. The molecule has 1 aromatic heterocycles. The number of aromatic nitrogens is 2. The molecule has 28 heavy (non-hydrogen) atoms. The topological polar surface area (TPSA) is 53.8 Å². The summed E-state index contributed by atoms with van der Waals surface area (Å²) < 4.78 is 7.95. The van der Waals surface area contributed by atoms with Crippen LogP contribution in [0.15, 0.2) is 36.7 Å². The van der Waals surface area contributed by atoms with Gasteiger partial charge in [-0.25, -0.2) is 4.98 Å². The summed E-state index contributed by atoms with van der Waals surface area (Å²) >= 11 is 0. The van der Waals surface area contributed by atoms with Gasteiger partial charge < -0.3 is 19.3 Å². The number of nitrogens with zero attached hydrogens (tertiary/aromatic N) is 4. The Hall–Kier alpha value is -1.89. The minimum atomic E-state index is -0.439. The van der Waals surface area contributed by atoms with Crippen LogP contribution in [0.2, 0.25) is 0 Å². The van der Waals surface area contributed by atoms with E-state index in [2.05, 4.69) is 45.5 Å². The second-order valence-electron chi connectivity index (χ2n) is 7.77. The molecule has 1 aliphatic heterocycles. The van der Waals surface area contributed by atoms with Crippen LogP contribution < -0.4 is 4.74 Å². The zero-order chi connectivity index (χ0) is 19.8. The Labute approximate surface area is 168 Å². The molecule has 0 amide bonds. The molecular weight excluding hydrogens is 352 g/mol. The maximum atomic E-state index is 10.2. The van der Waals surface area contributed by atoms with E-state index in [9.17, 15) is 5.11 Å². The Morgan fingerprint density at radius 1 is 1.14 bits per heavy atom. The lowest BCUT2D eigenvalue weighted by Crippen LogP contribution is -2.38. The number of aliphatic hydroxyl groups excluding tert-OH is 1. The van der Waals surface area contributed by atoms with E-state index in [1.54, 1.807) is 0 Å². The summed E-state index contributed by atoms with van der Waals surface area (Å²) in [5.74, 6) is 1.90. The first-order valence-corrected chi connectivity index (χ1v) is 10.4. The predicted molar refractivity (Wildman–Crippen MR) is 111 cm³/mol. The van der Waals surface area contributed by atoms with E-state index in [1.807, 2.05) is 24.5 Å². The highest BCUT2D eigenvalue weighted by Gasteiger charge is 2.15. The van der Waals surface area contributed by atoms with Crippen LogP contribution in [0.4, 0.5) is 0 Å². The van der Waals surface area contributed by atoms with Gasteiger partial charge in [-0.2, -0.15) is 0 Å². The number of piperidine rings is 1. The maximum absolute atomic E-state index is 10.2. The molecular formula is C22H34N4O2. The molecule has 1 saturated heterocycles. The van der Waals surface area contributed by atoms with Gasteiger partial charge in [-0.1, -0.05) is 18.6 Å². The van der Waals surface area contributed by atoms with Crippen LogP contribution in [0, 0.1) is 0 Å². The third kappa shape index (κ3) is 6.33. The zero-order valence-corrected chi connectivity index (χ0v) is 17.3. The Morgan fingerprint density at radius 3 is 2.61 bits per heavy atom. The molecule has 2 heterocycles. The fraction of sp³-hybridized carbons (Fsp3) is 0.591. The normalized spacial score (nSPS) is 16.4. The van der Waals surface area contributed by atoms with Crippen molar-refractivity contribution in [3.63, 3.8) is 0 Å². The highest BCUT2D eigenvalue weighted by atomic mass is 16.5. The van der Waals surface area contributed by atoms with E-state index >= 15 is 0 Å². The average Bonchev–Trinajstić information content (AvgIpc) is 3.15. The number of hydrogen-bond donors (Lipinski definition) is 1. The van der Waals surface area contributed by atoms with Crippen LogP contribution in [0.1, 0.15) is 37.6 Å². The lowest BCUT2D eigenvalue weighted by molar-refractivity contribution is 0.0617. The summed E-state index contributed by atoms with van der Waals surface area (Å²) in [6.45, 7) is 7.99. The number of ether oxygens (including phenoxy) is 1. The van der Waals surface area contributed by atoms with Gasteiger partial charge in [-0.05, 0) is 57.6 Å². The Bertz CT molecular complexity index is 695. The maximum Gasteiger partial charge on any atom is 0.122 e. The summed E-state index contributed by atoms with van der Waals surface area (Å²) in [5, 5.41) is 10.2. The molecule has 0 bridgehead atoms. The number of hydrogen-bond acceptors (Lipinski definition) is 5. The summed E-state index contributed by atoms with van der Waals surface area (Å²) in [4.78, 5) is 9.03. The van der Waals surface area contributed by atoms with Crippen molar-refractivity contribution in [2.75, 3.05) is 33.3 Å². The highest BCUT2D eigenvalue weighted by Crippen LogP contribution is 2.15. The van der Waals surface area contributed by atoms with Crippen LogP contribution in [0.25, 0.3) is 0 Å². The van der Waals surface area contributed by atoms with Gasteiger partial charge in [0, 0.05) is 32.0 Å². The van der Waals surface area contributed by atoms with Crippen LogP contribution in [0.5, 0.6) is 5.75 Å². The zero-order valence-electron chi connectivity index (χ0n) is 17.3. The van der Waals surface area contributed by atoms with E-state index in [-0.39, 0.29) is 0 Å². The molecule has 1 aromatic carbocycles. The van der Waals surface area contributed by atoms with Crippen LogP contribution >= 0.6 is 0 Å². The Morgan fingerprint density at radius 2 is 1.89 bits per heavy atom. The van der Waals surface area contributed by atoms with Crippen molar-refractivity contribution in [1.29, 1.82) is 0 Å². The number of likely N-dealkylation sites (tertiary alicyclic amines) is 1. The van der Waals surface area contributed by atoms with Gasteiger partial charge in [0.05, 0.1) is 6.54 Å². The highest BCUT2D eigenvalue weighted by molar-refractivity contribution is 5.27. The lowest BCUT2D eigenvalue weighted by atomic mass is 10.1. The summed E-state index contributed by atoms with van der Waals surface area (Å²) in [6.07, 6.45) is 7.24. The smallest absolute Gasteiger partial charge is 0.122 e. The van der Waals surface area contributed by atoms with Crippen LogP contribution in [-0.2, 0) is 19.6 Å². The van der Waals surface area contributed by atoms with Crippen molar-refractivity contribution in [2.45, 2.75) is 51.9 Å². The monoisotopic (exact) mass is 386 g/mol. The van der Waals surface area contributed by atoms with Crippen molar-refractivity contribution in [3.05, 3.63) is 48.0 Å². The van der Waals surface area contributed by atoms with Gasteiger partial charge in [-0.15, -0.1) is 0 Å². The third-order valence-electron chi connectivity index (χ3n) is 5.29. The van der Waals surface area contributed by atoms with E-state index in [1.165, 1.54) is 24.8 Å². The first kappa shape index (κ1) is 20.8. The molecule has 1 aliphatic rings. The van der Waals surface area contributed by atoms with Gasteiger partial charge in [0.15, 0.2) is 0 Å². The molecule has 0 saturated carbocycles. The van der Waals surface area contributed by atoms with Crippen molar-refractivity contribution in [1.82, 2.24) is 19.4 Å². The molecule has 154 valence electrons. The van der Waals surface area contributed by atoms with Crippen LogP contribution in [0.3, 0.4) is 0 Å². The molecule has 3 rings (SSSR count). The number of rotatable bonds is 10. The standard InChI is InChI=1S/C22H34N4O2/c1-3-26-14-11-23-22(26)17-24(2)15-19-7-9-21(10-8-19)28-18-20(27)16-25-12-5-4-6-13-25/h7-11,14,20,27H,3-6,12-13,15-18H2,1-2H3/t20-/m0/s1. The molecule has 0 spiro atoms. The molecule has 1 atom stereocenters. The minimum Gasteiger partial charge on any atom is -0.491 e. The predicted octanol–water partition coefficient (Wildman–Crippen LogP) is 2.76. The van der Waals surface area contributed by atoms with E-state index in [0.717, 1.165) is 44.3 Å². The van der Waals surface area contributed by atoms with Crippen molar-refractivity contribution < 1.29 is 9.84 Å². The molecule has 2 aromatic rings. The van der Waals surface area contributed by atoms with Crippen LogP contribution in [-0.4, -0.2) is 63.9 Å². The summed E-state index contributed by atoms with van der Waals surface area (Å²) in [7, 11) is 2.11. The minimum absolute atomic E-state index is 0.343. The van der Waals surface area contributed by atoms with Gasteiger partial charge >= 0.3 is 0 Å². The number of β-amino-alcohol motifs (C(OH)–C–C–N with tert-alkyl or cyclic N) is 1. The van der Waals surface area contributed by atoms with Crippen molar-refractivity contribution in [2.24, 2.45) is 0 Å². The van der Waals surface area contributed by atoms with Gasteiger partial charge in [0.2, 0.25) is 0 Å². The van der Waals surface area contributed by atoms with E-state index in [0.29, 0.717) is 13.2 Å². The summed E-state index contributed by atoms with van der Waals surface area (Å²) in [6, 6.07) is 8.16. The lowest BCUT2D eigenvalue weighted by Gasteiger charge is -2.28. The molecule has 0 radical (unpaired) electrons. The molecule has 0 aliphatic carbocycles. The average molecular weight is 387 g/mol. The fourth-order valence-electron chi connectivity index (χ4n) is 3.76. The first-order chi connectivity index (χ1) is 13.6. The fourth-order valence-corrected chi connectivity index (χ4v) is 3.76. The second-order valence-corrected chi connectivity index (χ2v) is 7.77. The second kappa shape index (κ2) is 10.6. The number of aliphatic hydroxyl groups is 1. The number of benzene rings is 1. The van der Waals surface area contributed by atoms with E-state index in [4.69, 9.17) is 4.74 Å². The first-order valence-electron chi connectivity index (χ1n) is 10.4. The van der Waals surface area contributed by atoms with Crippen molar-refractivity contribution >= 4 is 0 Å². The summed E-state index contributed by atoms with van der Waals surface area (Å²) in [5.41, 5.74) is 1.23. The van der Waals surface area contributed by atoms with Gasteiger partial charge in [0.1, 0.15) is 24.3 Å². The van der Waals surface area contributed by atoms with E-state index < -0.39 is 6.10 Å². The number of aryl methyl sites for hydroxylation is 1. The third-order valence-corrected chi connectivity index (χ3v) is 5.29. The molecule has 6 heteroatoms. The molecule has 6 nitrogen and oxygen atoms in total. The quantitative estimate of drug-likeness (QED) is 0.680. The van der Waals surface area contributed by atoms with Gasteiger partial charge in [-0.3, -0.25) is 4.90 Å².